The van der Waals surface area contributed by atoms with Crippen molar-refractivity contribution in [1.82, 2.24) is 23.8 Å². The molecule has 1 aliphatic heterocycles. The lowest BCUT2D eigenvalue weighted by Gasteiger charge is -2.30. The summed E-state index contributed by atoms with van der Waals surface area (Å²) in [5.74, 6) is 0.287. The second-order valence-electron chi connectivity index (χ2n) is 6.12. The van der Waals surface area contributed by atoms with Gasteiger partial charge in [-0.25, -0.2) is 22.7 Å². The number of sulfonamides is 1. The molecule has 0 aliphatic carbocycles. The molecule has 2 aromatic rings. The van der Waals surface area contributed by atoms with E-state index in [-0.39, 0.29) is 5.92 Å². The molecule has 0 aromatic carbocycles. The second kappa shape index (κ2) is 6.37. The lowest BCUT2D eigenvalue weighted by molar-refractivity contribution is 0.265. The van der Waals surface area contributed by atoms with Crippen molar-refractivity contribution in [2.75, 3.05) is 19.3 Å². The molecule has 2 aromatic heterocycles. The zero-order valence-corrected chi connectivity index (χ0v) is 14.2. The van der Waals surface area contributed by atoms with E-state index in [4.69, 9.17) is 0 Å². The number of aryl methyl sites for hydroxylation is 1. The highest BCUT2D eigenvalue weighted by Gasteiger charge is 2.26. The summed E-state index contributed by atoms with van der Waals surface area (Å²) in [6.45, 7) is 1.19. The van der Waals surface area contributed by atoms with Crippen LogP contribution in [0.15, 0.2) is 24.9 Å². The molecule has 8 heteroatoms. The van der Waals surface area contributed by atoms with Gasteiger partial charge in [0.15, 0.2) is 0 Å². The topological polar surface area (TPSA) is 81.0 Å². The van der Waals surface area contributed by atoms with E-state index in [1.54, 1.807) is 29.2 Å². The molecule has 0 spiro atoms. The summed E-state index contributed by atoms with van der Waals surface area (Å²) >= 11 is 0. The first-order chi connectivity index (χ1) is 10.9. The summed E-state index contributed by atoms with van der Waals surface area (Å²) in [7, 11) is -1.20. The highest BCUT2D eigenvalue weighted by Crippen LogP contribution is 2.22. The Kier molecular flexibility index (Phi) is 4.45. The van der Waals surface area contributed by atoms with Gasteiger partial charge in [0.1, 0.15) is 5.69 Å². The molecule has 0 amide bonds. The summed E-state index contributed by atoms with van der Waals surface area (Å²) in [6, 6.07) is 0. The van der Waals surface area contributed by atoms with Crippen LogP contribution in [-0.4, -0.2) is 51.6 Å². The Morgan fingerprint density at radius 2 is 2.09 bits per heavy atom. The van der Waals surface area contributed by atoms with Gasteiger partial charge < -0.3 is 4.57 Å². The lowest BCUT2D eigenvalue weighted by Crippen LogP contribution is -2.39. The van der Waals surface area contributed by atoms with Crippen LogP contribution in [0.2, 0.25) is 0 Å². The fourth-order valence-electron chi connectivity index (χ4n) is 3.02. The highest BCUT2D eigenvalue weighted by atomic mass is 32.2. The van der Waals surface area contributed by atoms with Crippen LogP contribution in [0.4, 0.5) is 0 Å². The first-order valence-electron chi connectivity index (χ1n) is 7.66. The van der Waals surface area contributed by atoms with E-state index in [2.05, 4.69) is 15.0 Å². The van der Waals surface area contributed by atoms with E-state index < -0.39 is 10.0 Å². The molecule has 1 saturated heterocycles. The number of nitrogens with zero attached hydrogens (tertiary/aromatic N) is 5. The summed E-state index contributed by atoms with van der Waals surface area (Å²) in [6.07, 6.45) is 10.9. The molecule has 3 heterocycles. The van der Waals surface area contributed by atoms with E-state index >= 15 is 0 Å². The van der Waals surface area contributed by atoms with E-state index in [1.807, 2.05) is 11.6 Å². The van der Waals surface area contributed by atoms with E-state index in [0.29, 0.717) is 13.1 Å². The Bertz CT molecular complexity index is 787. The fraction of sp³-hybridized carbons (Fsp3) is 0.533. The average molecular weight is 335 g/mol. The summed E-state index contributed by atoms with van der Waals surface area (Å²) < 4.78 is 26.9. The minimum atomic E-state index is -3.11. The predicted octanol–water partition coefficient (Wildman–Crippen LogP) is 1.09. The average Bonchev–Trinajstić information content (AvgIpc) is 2.93. The number of aromatic nitrogens is 4. The molecular weight excluding hydrogens is 314 g/mol. The minimum absolute atomic E-state index is 0.287. The van der Waals surface area contributed by atoms with Crippen LogP contribution in [0.5, 0.6) is 0 Å². The molecule has 0 radical (unpaired) electrons. The van der Waals surface area contributed by atoms with Crippen molar-refractivity contribution in [1.29, 1.82) is 0 Å². The van der Waals surface area contributed by atoms with E-state index in [9.17, 15) is 8.42 Å². The van der Waals surface area contributed by atoms with Crippen molar-refractivity contribution in [2.24, 2.45) is 13.0 Å². The third-order valence-electron chi connectivity index (χ3n) is 4.21. The minimum Gasteiger partial charge on any atom is -0.332 e. The normalized spacial score (nSPS) is 19.8. The number of hydrogen-bond acceptors (Lipinski definition) is 5. The van der Waals surface area contributed by atoms with Gasteiger partial charge in [-0.1, -0.05) is 0 Å². The molecule has 0 N–H and O–H groups in total. The van der Waals surface area contributed by atoms with Crippen molar-refractivity contribution in [3.8, 4) is 11.4 Å². The van der Waals surface area contributed by atoms with Gasteiger partial charge in [0, 0.05) is 26.3 Å². The SMILES string of the molecule is Cn1cncc1-c1cncc(C[C@H]2CCCN(S(C)(=O)=O)C2)n1. The summed E-state index contributed by atoms with van der Waals surface area (Å²) in [5, 5.41) is 0. The maximum absolute atomic E-state index is 11.7. The molecule has 1 atom stereocenters. The van der Waals surface area contributed by atoms with Crippen LogP contribution >= 0.6 is 0 Å². The van der Waals surface area contributed by atoms with Gasteiger partial charge in [-0.3, -0.25) is 4.98 Å². The Balaban J connectivity index is 1.75. The van der Waals surface area contributed by atoms with Gasteiger partial charge in [-0.2, -0.15) is 0 Å². The molecule has 7 nitrogen and oxygen atoms in total. The number of piperidine rings is 1. The van der Waals surface area contributed by atoms with Gasteiger partial charge >= 0.3 is 0 Å². The third kappa shape index (κ3) is 3.76. The highest BCUT2D eigenvalue weighted by molar-refractivity contribution is 7.88. The summed E-state index contributed by atoms with van der Waals surface area (Å²) in [4.78, 5) is 13.0. The molecule has 124 valence electrons. The molecular formula is C15H21N5O2S. The Morgan fingerprint density at radius 1 is 1.26 bits per heavy atom. The molecule has 1 aliphatic rings. The lowest BCUT2D eigenvalue weighted by atomic mass is 9.95. The summed E-state index contributed by atoms with van der Waals surface area (Å²) in [5.41, 5.74) is 2.60. The van der Waals surface area contributed by atoms with Crippen molar-refractivity contribution in [2.45, 2.75) is 19.3 Å². The standard InChI is InChI=1S/C15H21N5O2S/c1-19-11-17-9-15(19)14-8-16-7-13(18-14)6-12-4-3-5-20(10-12)23(2,21)22/h7-9,11-12H,3-6,10H2,1-2H3/t12-/m1/s1. The van der Waals surface area contributed by atoms with Crippen LogP contribution in [0.1, 0.15) is 18.5 Å². The quantitative estimate of drug-likeness (QED) is 0.835. The van der Waals surface area contributed by atoms with Crippen LogP contribution in [0.25, 0.3) is 11.4 Å². The van der Waals surface area contributed by atoms with Gasteiger partial charge in [0.25, 0.3) is 0 Å². The van der Waals surface area contributed by atoms with Crippen molar-refractivity contribution >= 4 is 10.0 Å². The first kappa shape index (κ1) is 16.1. The number of rotatable bonds is 4. The van der Waals surface area contributed by atoms with E-state index in [1.165, 1.54) is 6.26 Å². The molecule has 0 bridgehead atoms. The first-order valence-corrected chi connectivity index (χ1v) is 9.51. The molecule has 0 saturated carbocycles. The Hall–Kier alpha value is -1.80. The number of hydrogen-bond donors (Lipinski definition) is 0. The Labute approximate surface area is 136 Å². The van der Waals surface area contributed by atoms with Crippen LogP contribution in [0, 0.1) is 5.92 Å². The van der Waals surface area contributed by atoms with Crippen molar-refractivity contribution in [3.63, 3.8) is 0 Å². The van der Waals surface area contributed by atoms with Crippen molar-refractivity contribution < 1.29 is 8.42 Å². The zero-order chi connectivity index (χ0) is 16.4. The second-order valence-corrected chi connectivity index (χ2v) is 8.10. The largest absolute Gasteiger partial charge is 0.332 e. The van der Waals surface area contributed by atoms with Gasteiger partial charge in [-0.05, 0) is 25.2 Å². The maximum Gasteiger partial charge on any atom is 0.211 e. The Morgan fingerprint density at radius 3 is 2.78 bits per heavy atom. The molecule has 3 rings (SSSR count). The van der Waals surface area contributed by atoms with E-state index in [0.717, 1.165) is 36.3 Å². The van der Waals surface area contributed by atoms with Crippen LogP contribution < -0.4 is 0 Å². The van der Waals surface area contributed by atoms with Gasteiger partial charge in [0.2, 0.25) is 10.0 Å². The maximum atomic E-state index is 11.7. The molecule has 1 fully saturated rings. The van der Waals surface area contributed by atoms with Crippen LogP contribution in [0.3, 0.4) is 0 Å². The smallest absolute Gasteiger partial charge is 0.211 e. The van der Waals surface area contributed by atoms with Gasteiger partial charge in [0.05, 0.1) is 36.4 Å². The third-order valence-corrected chi connectivity index (χ3v) is 5.48. The molecule has 0 unspecified atom stereocenters. The molecule has 23 heavy (non-hydrogen) atoms. The zero-order valence-electron chi connectivity index (χ0n) is 13.4. The predicted molar refractivity (Wildman–Crippen MR) is 87.1 cm³/mol. The fourth-order valence-corrected chi connectivity index (χ4v) is 3.96. The van der Waals surface area contributed by atoms with Crippen molar-refractivity contribution in [3.05, 3.63) is 30.6 Å². The van der Waals surface area contributed by atoms with Crippen LogP contribution in [-0.2, 0) is 23.5 Å². The number of imidazole rings is 1. The van der Waals surface area contributed by atoms with Gasteiger partial charge in [-0.15, -0.1) is 0 Å². The monoisotopic (exact) mass is 335 g/mol.